The fourth-order valence-electron chi connectivity index (χ4n) is 1.60. The summed E-state index contributed by atoms with van der Waals surface area (Å²) < 4.78 is 0. The second kappa shape index (κ2) is 3.66. The van der Waals surface area contributed by atoms with E-state index >= 15 is 0 Å². The van der Waals surface area contributed by atoms with E-state index in [0.717, 1.165) is 0 Å². The second-order valence-corrected chi connectivity index (χ2v) is 3.25. The van der Waals surface area contributed by atoms with Crippen LogP contribution in [0.3, 0.4) is 0 Å². The summed E-state index contributed by atoms with van der Waals surface area (Å²) in [4.78, 5) is 21.1. The normalized spacial score (nSPS) is 27.5. The molecule has 0 saturated carbocycles. The third-order valence-electron chi connectivity index (χ3n) is 2.52. The van der Waals surface area contributed by atoms with Crippen molar-refractivity contribution in [2.24, 2.45) is 5.92 Å². The van der Waals surface area contributed by atoms with Gasteiger partial charge in [0.1, 0.15) is 12.6 Å². The molecule has 0 saturated heterocycles. The number of aliphatic hydroxyl groups is 1. The molecule has 0 fully saturated rings. The van der Waals surface area contributed by atoms with E-state index in [1.807, 2.05) is 0 Å². The Labute approximate surface area is 76.8 Å². The molecule has 0 spiro atoms. The zero-order valence-electron chi connectivity index (χ0n) is 7.49. The lowest BCUT2D eigenvalue weighted by Crippen LogP contribution is -2.07. The van der Waals surface area contributed by atoms with Gasteiger partial charge in [0, 0.05) is 11.5 Å². The lowest BCUT2D eigenvalue weighted by Gasteiger charge is -2.08. The Morgan fingerprint density at radius 1 is 1.62 bits per heavy atom. The molecule has 0 aromatic rings. The molecule has 13 heavy (non-hydrogen) atoms. The minimum Gasteiger partial charge on any atom is -0.389 e. The molecule has 3 heteroatoms. The molecule has 1 aliphatic carbocycles. The highest BCUT2D eigenvalue weighted by Crippen LogP contribution is 2.34. The highest BCUT2D eigenvalue weighted by atomic mass is 16.3. The van der Waals surface area contributed by atoms with E-state index in [2.05, 4.69) is 6.58 Å². The van der Waals surface area contributed by atoms with Crippen molar-refractivity contribution in [1.29, 1.82) is 0 Å². The number of hydrogen-bond acceptors (Lipinski definition) is 3. The van der Waals surface area contributed by atoms with Gasteiger partial charge < -0.3 is 5.11 Å². The van der Waals surface area contributed by atoms with Crippen LogP contribution in [-0.4, -0.2) is 23.8 Å². The molecular weight excluding hydrogens is 168 g/mol. The van der Waals surface area contributed by atoms with Crippen molar-refractivity contribution in [3.05, 3.63) is 23.3 Å². The fraction of sp³-hybridized carbons (Fsp3) is 0.400. The monoisotopic (exact) mass is 180 g/mol. The van der Waals surface area contributed by atoms with Gasteiger partial charge in [-0.2, -0.15) is 0 Å². The van der Waals surface area contributed by atoms with Crippen molar-refractivity contribution in [2.75, 3.05) is 0 Å². The molecule has 1 rings (SSSR count). The summed E-state index contributed by atoms with van der Waals surface area (Å²) in [7, 11) is 0. The number of hydrogen-bond donors (Lipinski definition) is 1. The Morgan fingerprint density at radius 2 is 2.23 bits per heavy atom. The fourth-order valence-corrected chi connectivity index (χ4v) is 1.60. The van der Waals surface area contributed by atoms with Gasteiger partial charge >= 0.3 is 0 Å². The quantitative estimate of drug-likeness (QED) is 0.512. The van der Waals surface area contributed by atoms with Gasteiger partial charge in [0.2, 0.25) is 0 Å². The first-order chi connectivity index (χ1) is 6.11. The number of carbonyl (C=O) groups is 2. The summed E-state index contributed by atoms with van der Waals surface area (Å²) in [6.07, 6.45) is 1.13. The van der Waals surface area contributed by atoms with E-state index in [9.17, 15) is 14.7 Å². The predicted octanol–water partition coefficient (Wildman–Crippen LogP) is 0.638. The Balaban J connectivity index is 2.99. The minimum absolute atomic E-state index is 0.287. The molecule has 1 N–H and O–H groups in total. The molecule has 0 aliphatic heterocycles. The summed E-state index contributed by atoms with van der Waals surface area (Å²) in [6, 6.07) is 0. The van der Waals surface area contributed by atoms with Gasteiger partial charge in [-0.25, -0.2) is 0 Å². The molecule has 70 valence electrons. The maximum atomic E-state index is 10.7. The zero-order valence-corrected chi connectivity index (χ0v) is 7.49. The van der Waals surface area contributed by atoms with Crippen molar-refractivity contribution in [3.8, 4) is 0 Å². The average molecular weight is 180 g/mol. The third-order valence-corrected chi connectivity index (χ3v) is 2.52. The maximum absolute atomic E-state index is 10.7. The van der Waals surface area contributed by atoms with Crippen LogP contribution in [0.2, 0.25) is 0 Å². The topological polar surface area (TPSA) is 54.4 Å². The molecule has 0 aromatic carbocycles. The summed E-state index contributed by atoms with van der Waals surface area (Å²) in [5.41, 5.74) is 1.52. The number of aliphatic hydroxyl groups excluding tert-OH is 1. The zero-order chi connectivity index (χ0) is 10.0. The van der Waals surface area contributed by atoms with Crippen LogP contribution in [0.1, 0.15) is 13.3 Å². The first kappa shape index (κ1) is 9.86. The van der Waals surface area contributed by atoms with Gasteiger partial charge in [-0.1, -0.05) is 6.58 Å². The van der Waals surface area contributed by atoms with E-state index in [1.54, 1.807) is 6.92 Å². The summed E-state index contributed by atoms with van der Waals surface area (Å²) in [6.45, 7) is 5.25. The van der Waals surface area contributed by atoms with Gasteiger partial charge in [0.25, 0.3) is 0 Å². The van der Waals surface area contributed by atoms with Crippen molar-refractivity contribution < 1.29 is 14.7 Å². The van der Waals surface area contributed by atoms with Crippen molar-refractivity contribution >= 4 is 12.6 Å². The van der Waals surface area contributed by atoms with Crippen LogP contribution >= 0.6 is 0 Å². The number of rotatable bonds is 3. The van der Waals surface area contributed by atoms with Crippen LogP contribution in [0.4, 0.5) is 0 Å². The molecular formula is C10H12O3. The van der Waals surface area contributed by atoms with E-state index in [1.165, 1.54) is 0 Å². The van der Waals surface area contributed by atoms with E-state index in [4.69, 9.17) is 0 Å². The summed E-state index contributed by atoms with van der Waals surface area (Å²) in [5, 5.41) is 9.44. The standard InChI is InChI=1S/C10H12O3/c1-6(4-11)8-3-10(13)7(2)9(8)5-12/h4-5,8,10,13H,1,3H2,2H3. The SMILES string of the molecule is C=C(C=O)C1CC(O)C(C)=C1C=O. The van der Waals surface area contributed by atoms with Crippen LogP contribution in [-0.2, 0) is 9.59 Å². The summed E-state index contributed by atoms with van der Waals surface area (Å²) in [5.74, 6) is -0.287. The molecule has 0 heterocycles. The maximum Gasteiger partial charge on any atom is 0.146 e. The van der Waals surface area contributed by atoms with E-state index < -0.39 is 6.10 Å². The lowest BCUT2D eigenvalue weighted by molar-refractivity contribution is -0.105. The molecule has 2 unspecified atom stereocenters. The lowest BCUT2D eigenvalue weighted by atomic mass is 9.94. The van der Waals surface area contributed by atoms with Gasteiger partial charge in [-0.3, -0.25) is 9.59 Å². The first-order valence-corrected chi connectivity index (χ1v) is 4.09. The Bertz CT molecular complexity index is 289. The van der Waals surface area contributed by atoms with Gasteiger partial charge in [-0.15, -0.1) is 0 Å². The molecule has 3 nitrogen and oxygen atoms in total. The smallest absolute Gasteiger partial charge is 0.146 e. The van der Waals surface area contributed by atoms with Crippen molar-refractivity contribution in [1.82, 2.24) is 0 Å². The highest BCUT2D eigenvalue weighted by Gasteiger charge is 2.31. The molecule has 2 atom stereocenters. The third kappa shape index (κ3) is 1.60. The second-order valence-electron chi connectivity index (χ2n) is 3.25. The molecule has 0 bridgehead atoms. The summed E-state index contributed by atoms with van der Waals surface area (Å²) >= 11 is 0. The number of carbonyl (C=O) groups excluding carboxylic acids is 2. The molecule has 0 radical (unpaired) electrons. The van der Waals surface area contributed by atoms with Crippen LogP contribution in [0.15, 0.2) is 23.3 Å². The van der Waals surface area contributed by atoms with Crippen LogP contribution in [0.5, 0.6) is 0 Å². The van der Waals surface area contributed by atoms with E-state index in [0.29, 0.717) is 35.7 Å². The molecule has 0 aromatic heterocycles. The largest absolute Gasteiger partial charge is 0.389 e. The van der Waals surface area contributed by atoms with Crippen molar-refractivity contribution in [2.45, 2.75) is 19.4 Å². The minimum atomic E-state index is -0.609. The van der Waals surface area contributed by atoms with Crippen LogP contribution < -0.4 is 0 Å². The van der Waals surface area contributed by atoms with Gasteiger partial charge in [0.05, 0.1) is 6.10 Å². The average Bonchev–Trinajstić information content (AvgIpc) is 2.42. The van der Waals surface area contributed by atoms with E-state index in [-0.39, 0.29) is 5.92 Å². The Kier molecular flexibility index (Phi) is 2.78. The first-order valence-electron chi connectivity index (χ1n) is 4.09. The van der Waals surface area contributed by atoms with Gasteiger partial charge in [-0.05, 0) is 24.5 Å². The van der Waals surface area contributed by atoms with Crippen molar-refractivity contribution in [3.63, 3.8) is 0 Å². The van der Waals surface area contributed by atoms with Crippen LogP contribution in [0, 0.1) is 5.92 Å². The highest BCUT2D eigenvalue weighted by molar-refractivity contribution is 5.83. The molecule has 0 amide bonds. The molecule has 1 aliphatic rings. The Morgan fingerprint density at radius 3 is 2.69 bits per heavy atom. The van der Waals surface area contributed by atoms with Gasteiger partial charge in [0.15, 0.2) is 0 Å². The van der Waals surface area contributed by atoms with Crippen LogP contribution in [0.25, 0.3) is 0 Å². The number of allylic oxidation sites excluding steroid dienone is 2. The Hall–Kier alpha value is -1.22. The predicted molar refractivity (Wildman–Crippen MR) is 48.1 cm³/mol. The number of aldehydes is 2.